The molecule has 0 saturated carbocycles. The number of hydrogen-bond donors (Lipinski definition) is 2. The summed E-state index contributed by atoms with van der Waals surface area (Å²) >= 11 is 2.86. The second-order valence-electron chi connectivity index (χ2n) is 3.61. The van der Waals surface area contributed by atoms with Crippen molar-refractivity contribution in [2.24, 2.45) is 5.16 Å². The van der Waals surface area contributed by atoms with Crippen LogP contribution in [0.1, 0.15) is 11.1 Å². The largest absolute Gasteiger partial charge is 0.416 e. The SMILES string of the molecule is O=C1Nc2cc(C(F)(F)F)cc(Br)c2C(=NO)C1=O. The molecule has 0 radical (unpaired) electrons. The zero-order chi connectivity index (χ0) is 14.4. The number of halogens is 4. The molecule has 19 heavy (non-hydrogen) atoms. The first-order valence-electron chi connectivity index (χ1n) is 4.74. The number of carbonyl (C=O) groups excluding carboxylic acids is 2. The molecule has 1 aliphatic rings. The van der Waals surface area contributed by atoms with Crippen molar-refractivity contribution in [3.8, 4) is 0 Å². The highest BCUT2D eigenvalue weighted by Gasteiger charge is 2.37. The van der Waals surface area contributed by atoms with Crippen LogP contribution in [0.3, 0.4) is 0 Å². The van der Waals surface area contributed by atoms with Gasteiger partial charge in [0.25, 0.3) is 11.7 Å². The smallest absolute Gasteiger partial charge is 0.410 e. The number of rotatable bonds is 0. The van der Waals surface area contributed by atoms with Crippen LogP contribution in [0.25, 0.3) is 0 Å². The molecule has 1 amide bonds. The van der Waals surface area contributed by atoms with E-state index in [4.69, 9.17) is 5.21 Å². The average Bonchev–Trinajstić information content (AvgIpc) is 2.30. The lowest BCUT2D eigenvalue weighted by Gasteiger charge is -2.20. The molecule has 1 aliphatic heterocycles. The Morgan fingerprint density at radius 2 is 1.89 bits per heavy atom. The predicted molar refractivity (Wildman–Crippen MR) is 61.1 cm³/mol. The van der Waals surface area contributed by atoms with Gasteiger partial charge in [0.15, 0.2) is 5.71 Å². The van der Waals surface area contributed by atoms with Gasteiger partial charge in [-0.3, -0.25) is 9.59 Å². The lowest BCUT2D eigenvalue weighted by Crippen LogP contribution is -2.36. The minimum absolute atomic E-state index is 0.0971. The topological polar surface area (TPSA) is 78.8 Å². The third kappa shape index (κ3) is 2.21. The summed E-state index contributed by atoms with van der Waals surface area (Å²) in [5, 5.41) is 13.4. The molecule has 2 N–H and O–H groups in total. The van der Waals surface area contributed by atoms with Gasteiger partial charge in [0, 0.05) is 10.0 Å². The van der Waals surface area contributed by atoms with Gasteiger partial charge in [-0.15, -0.1) is 0 Å². The maximum Gasteiger partial charge on any atom is 0.416 e. The van der Waals surface area contributed by atoms with Gasteiger partial charge in [0.2, 0.25) is 0 Å². The summed E-state index contributed by atoms with van der Waals surface area (Å²) in [4.78, 5) is 22.7. The van der Waals surface area contributed by atoms with Crippen LogP contribution in [0.5, 0.6) is 0 Å². The Kier molecular flexibility index (Phi) is 3.09. The van der Waals surface area contributed by atoms with E-state index >= 15 is 0 Å². The molecule has 0 spiro atoms. The van der Waals surface area contributed by atoms with Crippen molar-refractivity contribution in [2.45, 2.75) is 6.18 Å². The number of nitrogens with one attached hydrogen (secondary N) is 1. The van der Waals surface area contributed by atoms with E-state index in [1.807, 2.05) is 5.32 Å². The van der Waals surface area contributed by atoms with Crippen molar-refractivity contribution in [1.82, 2.24) is 0 Å². The normalized spacial score (nSPS) is 17.4. The molecule has 0 aromatic heterocycles. The van der Waals surface area contributed by atoms with Crippen LogP contribution in [0.4, 0.5) is 18.9 Å². The van der Waals surface area contributed by atoms with Crippen LogP contribution in [0.15, 0.2) is 21.8 Å². The second kappa shape index (κ2) is 4.34. The van der Waals surface area contributed by atoms with Crippen molar-refractivity contribution in [3.63, 3.8) is 0 Å². The van der Waals surface area contributed by atoms with E-state index in [1.54, 1.807) is 0 Å². The van der Waals surface area contributed by atoms with Gasteiger partial charge in [0.05, 0.1) is 11.3 Å². The monoisotopic (exact) mass is 336 g/mol. The van der Waals surface area contributed by atoms with E-state index in [0.29, 0.717) is 6.07 Å². The van der Waals surface area contributed by atoms with Crippen LogP contribution in [-0.4, -0.2) is 22.6 Å². The fraction of sp³-hybridized carbons (Fsp3) is 0.100. The summed E-state index contributed by atoms with van der Waals surface area (Å²) in [6.07, 6.45) is -4.61. The quantitative estimate of drug-likeness (QED) is 0.433. The summed E-state index contributed by atoms with van der Waals surface area (Å²) in [5.41, 5.74) is -1.97. The molecule has 0 unspecified atom stereocenters. The lowest BCUT2D eigenvalue weighted by atomic mass is 9.98. The first-order valence-corrected chi connectivity index (χ1v) is 5.54. The third-order valence-electron chi connectivity index (χ3n) is 2.42. The number of benzene rings is 1. The highest BCUT2D eigenvalue weighted by molar-refractivity contribution is 9.10. The number of amides is 1. The van der Waals surface area contributed by atoms with E-state index < -0.39 is 29.1 Å². The first-order chi connectivity index (χ1) is 8.75. The van der Waals surface area contributed by atoms with Crippen molar-refractivity contribution in [2.75, 3.05) is 5.32 Å². The number of fused-ring (bicyclic) bond motifs is 1. The molecule has 0 aliphatic carbocycles. The number of anilines is 1. The highest BCUT2D eigenvalue weighted by Crippen LogP contribution is 2.37. The van der Waals surface area contributed by atoms with Crippen LogP contribution >= 0.6 is 15.9 Å². The molecule has 5 nitrogen and oxygen atoms in total. The third-order valence-corrected chi connectivity index (χ3v) is 3.05. The summed E-state index contributed by atoms with van der Waals surface area (Å²) < 4.78 is 37.7. The van der Waals surface area contributed by atoms with Crippen LogP contribution in [0.2, 0.25) is 0 Å². The Balaban J connectivity index is 2.71. The van der Waals surface area contributed by atoms with Gasteiger partial charge in [-0.1, -0.05) is 5.16 Å². The van der Waals surface area contributed by atoms with Crippen molar-refractivity contribution >= 4 is 39.0 Å². The molecular formula is C10H4BrF3N2O3. The van der Waals surface area contributed by atoms with E-state index in [-0.39, 0.29) is 15.7 Å². The molecule has 1 heterocycles. The van der Waals surface area contributed by atoms with E-state index in [2.05, 4.69) is 21.1 Å². The van der Waals surface area contributed by atoms with Crippen LogP contribution < -0.4 is 5.32 Å². The molecule has 100 valence electrons. The number of alkyl halides is 3. The zero-order valence-electron chi connectivity index (χ0n) is 8.88. The standard InChI is InChI=1S/C10H4BrF3N2O3/c11-4-1-3(10(12,13)14)2-5-6(4)7(16-19)8(17)9(18)15-5/h1-2,19H,(H,15,18). The van der Waals surface area contributed by atoms with Gasteiger partial charge >= 0.3 is 6.18 Å². The zero-order valence-corrected chi connectivity index (χ0v) is 10.5. The summed E-state index contributed by atoms with van der Waals surface area (Å²) in [6, 6.07) is 1.39. The van der Waals surface area contributed by atoms with E-state index in [9.17, 15) is 22.8 Å². The molecule has 1 aromatic rings. The van der Waals surface area contributed by atoms with Gasteiger partial charge in [-0.2, -0.15) is 13.2 Å². The van der Waals surface area contributed by atoms with Gasteiger partial charge < -0.3 is 10.5 Å². The van der Waals surface area contributed by atoms with Gasteiger partial charge in [-0.05, 0) is 28.1 Å². The highest BCUT2D eigenvalue weighted by atomic mass is 79.9. The van der Waals surface area contributed by atoms with Crippen LogP contribution in [0, 0.1) is 0 Å². The number of carbonyl (C=O) groups is 2. The van der Waals surface area contributed by atoms with Crippen molar-refractivity contribution in [3.05, 3.63) is 27.7 Å². The Hall–Kier alpha value is -1.90. The first kappa shape index (κ1) is 13.5. The Morgan fingerprint density at radius 3 is 2.42 bits per heavy atom. The Morgan fingerprint density at radius 1 is 1.26 bits per heavy atom. The van der Waals surface area contributed by atoms with Gasteiger partial charge in [-0.25, -0.2) is 0 Å². The molecule has 0 fully saturated rings. The number of oxime groups is 1. The van der Waals surface area contributed by atoms with Crippen molar-refractivity contribution < 1.29 is 28.0 Å². The maximum atomic E-state index is 12.6. The second-order valence-corrected chi connectivity index (χ2v) is 4.46. The molecule has 0 atom stereocenters. The van der Waals surface area contributed by atoms with E-state index in [0.717, 1.165) is 6.07 Å². The minimum atomic E-state index is -4.61. The van der Waals surface area contributed by atoms with E-state index in [1.165, 1.54) is 0 Å². The lowest BCUT2D eigenvalue weighted by molar-refractivity contribution is -0.137. The average molecular weight is 337 g/mol. The molecule has 2 rings (SSSR count). The fourth-order valence-electron chi connectivity index (χ4n) is 1.61. The Bertz CT molecular complexity index is 625. The fourth-order valence-corrected chi connectivity index (χ4v) is 2.25. The Labute approximate surface area is 112 Å². The number of Topliss-reactive ketones (excluding diaryl/α,β-unsaturated/α-hetero) is 1. The summed E-state index contributed by atoms with van der Waals surface area (Å²) in [7, 11) is 0. The molecule has 0 saturated heterocycles. The van der Waals surface area contributed by atoms with Crippen molar-refractivity contribution in [1.29, 1.82) is 0 Å². The van der Waals surface area contributed by atoms with Crippen LogP contribution in [-0.2, 0) is 15.8 Å². The predicted octanol–water partition coefficient (Wildman–Crippen LogP) is 2.17. The summed E-state index contributed by atoms with van der Waals surface area (Å²) in [6.45, 7) is 0. The van der Waals surface area contributed by atoms with Gasteiger partial charge in [0.1, 0.15) is 0 Å². The maximum absolute atomic E-state index is 12.6. The molecule has 0 bridgehead atoms. The molecule has 9 heteroatoms. The number of hydrogen-bond acceptors (Lipinski definition) is 4. The number of ketones is 1. The minimum Gasteiger partial charge on any atom is -0.410 e. The molecule has 1 aromatic carbocycles. The molecular weight excluding hydrogens is 333 g/mol. The number of nitrogens with zero attached hydrogens (tertiary/aromatic N) is 1. The summed E-state index contributed by atoms with van der Waals surface area (Å²) in [5.74, 6) is -2.29.